The van der Waals surface area contributed by atoms with Gasteiger partial charge in [-0.2, -0.15) is 13.2 Å². The van der Waals surface area contributed by atoms with E-state index in [1.165, 1.54) is 0 Å². The molecule has 0 aliphatic carbocycles. The number of morpholine rings is 1. The van der Waals surface area contributed by atoms with Crippen LogP contribution in [-0.4, -0.2) is 70.2 Å². The average Bonchev–Trinajstić information content (AvgIpc) is 3.35. The third-order valence-corrected chi connectivity index (χ3v) is 5.98. The van der Waals surface area contributed by atoms with Crippen molar-refractivity contribution >= 4 is 23.3 Å². The molecule has 0 bridgehead atoms. The summed E-state index contributed by atoms with van der Waals surface area (Å²) in [5.74, 6) is -0.0738. The molecule has 4 aromatic rings. The molecule has 1 aromatic carbocycles. The van der Waals surface area contributed by atoms with Crippen LogP contribution in [-0.2, 0) is 4.74 Å². The van der Waals surface area contributed by atoms with Gasteiger partial charge in [0.1, 0.15) is 12.2 Å². The second-order valence-corrected chi connectivity index (χ2v) is 8.63. The molecule has 0 radical (unpaired) electrons. The zero-order valence-electron chi connectivity index (χ0n) is 20.0. The van der Waals surface area contributed by atoms with Gasteiger partial charge >= 0.3 is 12.2 Å². The number of pyridine rings is 2. The first-order valence-electron chi connectivity index (χ1n) is 11.8. The molecule has 1 fully saturated rings. The maximum absolute atomic E-state index is 12.7. The molecule has 196 valence electrons. The van der Waals surface area contributed by atoms with Crippen LogP contribution in [0.5, 0.6) is 0 Å². The number of amides is 3. The molecule has 0 spiro atoms. The molecule has 2 N–H and O–H groups in total. The normalized spacial score (nSPS) is 13.9. The fourth-order valence-corrected chi connectivity index (χ4v) is 4.11. The van der Waals surface area contributed by atoms with Gasteiger partial charge in [-0.15, -0.1) is 0 Å². The predicted molar refractivity (Wildman–Crippen MR) is 134 cm³/mol. The molecule has 0 atom stereocenters. The molecule has 38 heavy (non-hydrogen) atoms. The van der Waals surface area contributed by atoms with Crippen molar-refractivity contribution in [1.29, 1.82) is 0 Å². The molecule has 1 aliphatic heterocycles. The number of urea groups is 1. The van der Waals surface area contributed by atoms with Gasteiger partial charge in [0.15, 0.2) is 0 Å². The van der Waals surface area contributed by atoms with Gasteiger partial charge in [0, 0.05) is 42.3 Å². The number of imidazole rings is 1. The molecule has 12 heteroatoms. The molecule has 3 amide bonds. The van der Waals surface area contributed by atoms with E-state index in [-0.39, 0.29) is 5.91 Å². The van der Waals surface area contributed by atoms with Gasteiger partial charge in [-0.3, -0.25) is 14.2 Å². The molecular formula is C26H23F3N6O3. The van der Waals surface area contributed by atoms with E-state index in [0.29, 0.717) is 54.5 Å². The topological polar surface area (TPSA) is 101 Å². The van der Waals surface area contributed by atoms with E-state index in [4.69, 9.17) is 4.74 Å². The number of carbonyl (C=O) groups excluding carboxylic acids is 2. The zero-order valence-corrected chi connectivity index (χ0v) is 20.0. The number of benzene rings is 1. The second-order valence-electron chi connectivity index (χ2n) is 8.63. The number of carbonyl (C=O) groups is 2. The quantitative estimate of drug-likeness (QED) is 0.407. The van der Waals surface area contributed by atoms with Gasteiger partial charge in [0.25, 0.3) is 5.91 Å². The van der Waals surface area contributed by atoms with Crippen molar-refractivity contribution in [2.75, 3.05) is 38.2 Å². The number of nitrogens with zero attached hydrogens (tertiary/aromatic N) is 4. The smallest absolute Gasteiger partial charge is 0.378 e. The first-order valence-corrected chi connectivity index (χ1v) is 11.8. The summed E-state index contributed by atoms with van der Waals surface area (Å²) in [5.41, 5.74) is 4.44. The van der Waals surface area contributed by atoms with Crippen molar-refractivity contribution in [3.63, 3.8) is 0 Å². The number of aromatic nitrogens is 3. The van der Waals surface area contributed by atoms with Crippen LogP contribution in [0.4, 0.5) is 23.7 Å². The van der Waals surface area contributed by atoms with Gasteiger partial charge in [-0.05, 0) is 36.4 Å². The van der Waals surface area contributed by atoms with Gasteiger partial charge in [0.2, 0.25) is 0 Å². The lowest BCUT2D eigenvalue weighted by molar-refractivity contribution is -0.122. The van der Waals surface area contributed by atoms with E-state index in [0.717, 1.165) is 11.3 Å². The minimum atomic E-state index is -4.49. The third-order valence-electron chi connectivity index (χ3n) is 5.98. The second kappa shape index (κ2) is 10.5. The van der Waals surface area contributed by atoms with Gasteiger partial charge in [-0.1, -0.05) is 12.1 Å². The first kappa shape index (κ1) is 25.2. The number of anilines is 1. The Bertz CT molecular complexity index is 1460. The number of hydrogen-bond acceptors (Lipinski definition) is 5. The first-order chi connectivity index (χ1) is 18.3. The predicted octanol–water partition coefficient (Wildman–Crippen LogP) is 4.22. The highest BCUT2D eigenvalue weighted by Gasteiger charge is 2.27. The van der Waals surface area contributed by atoms with Crippen LogP contribution in [0, 0.1) is 0 Å². The van der Waals surface area contributed by atoms with E-state index in [9.17, 15) is 22.8 Å². The number of halogens is 3. The summed E-state index contributed by atoms with van der Waals surface area (Å²) in [5, 5.41) is 4.19. The van der Waals surface area contributed by atoms with Crippen molar-refractivity contribution < 1.29 is 27.5 Å². The zero-order chi connectivity index (χ0) is 26.7. The Hall–Kier alpha value is -4.45. The molecule has 4 heterocycles. The lowest BCUT2D eigenvalue weighted by Gasteiger charge is -2.26. The third kappa shape index (κ3) is 5.75. The van der Waals surface area contributed by atoms with Gasteiger partial charge in [-0.25, -0.2) is 9.78 Å². The summed E-state index contributed by atoms with van der Waals surface area (Å²) in [6, 6.07) is 13.1. The van der Waals surface area contributed by atoms with Crippen molar-refractivity contribution in [1.82, 2.24) is 24.6 Å². The number of fused-ring (bicyclic) bond motifs is 1. The molecule has 3 aromatic heterocycles. The van der Waals surface area contributed by atoms with Crippen molar-refractivity contribution in [3.8, 4) is 22.5 Å². The summed E-state index contributed by atoms with van der Waals surface area (Å²) in [7, 11) is 0. The van der Waals surface area contributed by atoms with Crippen LogP contribution in [0.2, 0.25) is 0 Å². The number of hydrogen-bond donors (Lipinski definition) is 2. The Morgan fingerprint density at radius 3 is 2.53 bits per heavy atom. The number of rotatable bonds is 5. The van der Waals surface area contributed by atoms with Crippen molar-refractivity contribution in [3.05, 3.63) is 72.7 Å². The van der Waals surface area contributed by atoms with Crippen LogP contribution in [0.1, 0.15) is 10.4 Å². The molecule has 0 saturated carbocycles. The fourth-order valence-electron chi connectivity index (χ4n) is 4.11. The summed E-state index contributed by atoms with van der Waals surface area (Å²) >= 11 is 0. The number of nitrogens with one attached hydrogen (secondary N) is 2. The molecular weight excluding hydrogens is 501 g/mol. The maximum atomic E-state index is 12.7. The van der Waals surface area contributed by atoms with Crippen LogP contribution in [0.25, 0.3) is 28.2 Å². The molecule has 1 saturated heterocycles. The largest absolute Gasteiger partial charge is 0.405 e. The molecule has 0 unspecified atom stereocenters. The summed E-state index contributed by atoms with van der Waals surface area (Å²) in [6.07, 6.45) is 0.571. The van der Waals surface area contributed by atoms with E-state index < -0.39 is 18.8 Å². The van der Waals surface area contributed by atoms with Crippen LogP contribution >= 0.6 is 0 Å². The Morgan fingerprint density at radius 2 is 1.79 bits per heavy atom. The lowest BCUT2D eigenvalue weighted by Crippen LogP contribution is -2.40. The Labute approximate surface area is 215 Å². The number of alkyl halides is 3. The van der Waals surface area contributed by atoms with Gasteiger partial charge < -0.3 is 20.3 Å². The Balaban J connectivity index is 1.32. The molecule has 9 nitrogen and oxygen atoms in total. The van der Waals surface area contributed by atoms with Crippen LogP contribution < -0.4 is 10.6 Å². The van der Waals surface area contributed by atoms with E-state index in [1.807, 2.05) is 28.8 Å². The highest BCUT2D eigenvalue weighted by atomic mass is 19.4. The fraction of sp³-hybridized carbons (Fsp3) is 0.231. The minimum Gasteiger partial charge on any atom is -0.378 e. The van der Waals surface area contributed by atoms with Gasteiger partial charge in [0.05, 0.1) is 36.4 Å². The Kier molecular flexibility index (Phi) is 6.97. The Morgan fingerprint density at radius 1 is 0.974 bits per heavy atom. The average molecular weight is 525 g/mol. The number of ether oxygens (including phenoxy) is 1. The maximum Gasteiger partial charge on any atom is 0.405 e. The van der Waals surface area contributed by atoms with Crippen LogP contribution in [0.3, 0.4) is 0 Å². The van der Waals surface area contributed by atoms with Crippen molar-refractivity contribution in [2.45, 2.75) is 6.18 Å². The summed E-state index contributed by atoms with van der Waals surface area (Å²) < 4.78 is 44.2. The molecule has 1 aliphatic rings. The van der Waals surface area contributed by atoms with E-state index >= 15 is 0 Å². The summed E-state index contributed by atoms with van der Waals surface area (Å²) in [6.45, 7) is 0.757. The monoisotopic (exact) mass is 524 g/mol. The summed E-state index contributed by atoms with van der Waals surface area (Å²) in [4.78, 5) is 35.2. The van der Waals surface area contributed by atoms with Crippen LogP contribution in [0.15, 0.2) is 67.1 Å². The highest BCUT2D eigenvalue weighted by molar-refractivity contribution is 5.94. The van der Waals surface area contributed by atoms with E-state index in [1.54, 1.807) is 52.9 Å². The van der Waals surface area contributed by atoms with E-state index in [2.05, 4.69) is 15.3 Å². The lowest BCUT2D eigenvalue weighted by atomic mass is 10.1. The van der Waals surface area contributed by atoms with Crippen molar-refractivity contribution in [2.24, 2.45) is 0 Å². The standard InChI is InChI=1S/C26H23F3N6O3/c27-26(28,29)16-32-25(37)33-20-3-1-2-18(12-20)22-15-31-23-13-17(6-7-35(22)23)21-5-4-19(14-30-21)24(36)34-8-10-38-11-9-34/h1-7,12-15H,8-11,16H2,(H2,32,33,37). The molecule has 5 rings (SSSR count). The minimum absolute atomic E-state index is 0.0738. The highest BCUT2D eigenvalue weighted by Crippen LogP contribution is 2.26. The SMILES string of the molecule is O=C(NCC(F)(F)F)Nc1cccc(-c2cnc3cc(-c4ccc(C(=O)N5CCOCC5)cn4)ccn23)c1.